The topological polar surface area (TPSA) is 84.3 Å². The lowest BCUT2D eigenvalue weighted by atomic mass is 10.3. The van der Waals surface area contributed by atoms with E-state index in [2.05, 4.69) is 10.4 Å². The standard InChI is InChI=1S/C16H20N4O3S/c1-12(2)24(22,23)19-8-9-20-14(11-19)10-15(18-20)16(21)17-13-6-4-3-5-7-13/h3-7,10,12H,8-9,11H2,1-2H3,(H,17,21). The summed E-state index contributed by atoms with van der Waals surface area (Å²) >= 11 is 0. The number of benzene rings is 1. The maximum Gasteiger partial charge on any atom is 0.276 e. The predicted molar refractivity (Wildman–Crippen MR) is 91.1 cm³/mol. The highest BCUT2D eigenvalue weighted by Gasteiger charge is 2.30. The molecule has 0 aliphatic carbocycles. The minimum Gasteiger partial charge on any atom is -0.321 e. The first-order chi connectivity index (χ1) is 11.4. The number of nitrogens with zero attached hydrogens (tertiary/aromatic N) is 3. The number of nitrogens with one attached hydrogen (secondary N) is 1. The molecular weight excluding hydrogens is 328 g/mol. The molecule has 1 aliphatic heterocycles. The maximum atomic E-state index is 12.3. The third-order valence-electron chi connectivity index (χ3n) is 3.98. The first kappa shape index (κ1) is 16.7. The van der Waals surface area contributed by atoms with Gasteiger partial charge in [0.1, 0.15) is 0 Å². The molecule has 1 aromatic heterocycles. The van der Waals surface area contributed by atoms with Gasteiger partial charge in [0.05, 0.1) is 24.0 Å². The van der Waals surface area contributed by atoms with Gasteiger partial charge >= 0.3 is 0 Å². The summed E-state index contributed by atoms with van der Waals surface area (Å²) in [4.78, 5) is 12.3. The minimum absolute atomic E-state index is 0.242. The van der Waals surface area contributed by atoms with E-state index in [1.807, 2.05) is 18.2 Å². The molecule has 7 nitrogen and oxygen atoms in total. The van der Waals surface area contributed by atoms with Gasteiger partial charge in [0, 0.05) is 12.2 Å². The number of rotatable bonds is 4. The second kappa shape index (κ2) is 6.37. The molecule has 1 N–H and O–H groups in total. The predicted octanol–water partition coefficient (Wildman–Crippen LogP) is 1.69. The Morgan fingerprint density at radius 2 is 1.92 bits per heavy atom. The number of carbonyl (C=O) groups excluding carboxylic acids is 1. The third-order valence-corrected chi connectivity index (χ3v) is 6.21. The molecule has 0 fully saturated rings. The molecule has 0 spiro atoms. The van der Waals surface area contributed by atoms with Crippen LogP contribution in [0.3, 0.4) is 0 Å². The van der Waals surface area contributed by atoms with Crippen molar-refractivity contribution in [2.45, 2.75) is 32.2 Å². The molecule has 0 atom stereocenters. The Morgan fingerprint density at radius 1 is 1.21 bits per heavy atom. The first-order valence-corrected chi connectivity index (χ1v) is 9.30. The Hall–Kier alpha value is -2.19. The summed E-state index contributed by atoms with van der Waals surface area (Å²) in [5.74, 6) is -0.304. The Balaban J connectivity index is 1.77. The highest BCUT2D eigenvalue weighted by molar-refractivity contribution is 7.89. The molecule has 8 heteroatoms. The number of carbonyl (C=O) groups is 1. The van der Waals surface area contributed by atoms with Gasteiger partial charge in [-0.25, -0.2) is 8.42 Å². The number of sulfonamides is 1. The fourth-order valence-electron chi connectivity index (χ4n) is 2.59. The van der Waals surface area contributed by atoms with Crippen molar-refractivity contribution in [2.75, 3.05) is 11.9 Å². The van der Waals surface area contributed by atoms with E-state index in [4.69, 9.17) is 0 Å². The Kier molecular flexibility index (Phi) is 4.42. The van der Waals surface area contributed by atoms with Crippen molar-refractivity contribution in [3.05, 3.63) is 47.8 Å². The van der Waals surface area contributed by atoms with Crippen molar-refractivity contribution in [2.24, 2.45) is 0 Å². The molecule has 0 saturated carbocycles. The van der Waals surface area contributed by atoms with E-state index in [1.165, 1.54) is 4.31 Å². The second-order valence-corrected chi connectivity index (χ2v) is 8.48. The van der Waals surface area contributed by atoms with Crippen molar-refractivity contribution in [3.8, 4) is 0 Å². The molecule has 1 amide bonds. The van der Waals surface area contributed by atoms with Crippen molar-refractivity contribution in [1.29, 1.82) is 0 Å². The number of hydrogen-bond donors (Lipinski definition) is 1. The van der Waals surface area contributed by atoms with Crippen molar-refractivity contribution in [1.82, 2.24) is 14.1 Å². The summed E-state index contributed by atoms with van der Waals surface area (Å²) in [5.41, 5.74) is 1.71. The van der Waals surface area contributed by atoms with E-state index < -0.39 is 15.3 Å². The van der Waals surface area contributed by atoms with Crippen LogP contribution in [0.15, 0.2) is 36.4 Å². The molecule has 0 bridgehead atoms. The summed E-state index contributed by atoms with van der Waals surface area (Å²) < 4.78 is 27.7. The quantitative estimate of drug-likeness (QED) is 0.911. The van der Waals surface area contributed by atoms with Crippen LogP contribution in [0.1, 0.15) is 30.0 Å². The van der Waals surface area contributed by atoms with Crippen LogP contribution in [0.5, 0.6) is 0 Å². The highest BCUT2D eigenvalue weighted by atomic mass is 32.2. The van der Waals surface area contributed by atoms with Crippen LogP contribution in [0.25, 0.3) is 0 Å². The maximum absolute atomic E-state index is 12.3. The zero-order valence-electron chi connectivity index (χ0n) is 13.6. The average Bonchev–Trinajstić information content (AvgIpc) is 2.99. The monoisotopic (exact) mass is 348 g/mol. The number of anilines is 1. The molecular formula is C16H20N4O3S. The van der Waals surface area contributed by atoms with Crippen LogP contribution in [-0.2, 0) is 23.1 Å². The van der Waals surface area contributed by atoms with Crippen molar-refractivity contribution < 1.29 is 13.2 Å². The molecule has 1 aliphatic rings. The van der Waals surface area contributed by atoms with Gasteiger partial charge in [0.2, 0.25) is 10.0 Å². The summed E-state index contributed by atoms with van der Waals surface area (Å²) in [6, 6.07) is 10.8. The molecule has 1 aromatic carbocycles. The first-order valence-electron chi connectivity index (χ1n) is 7.80. The van der Waals surface area contributed by atoms with Gasteiger partial charge in [-0.05, 0) is 32.0 Å². The molecule has 3 rings (SSSR count). The van der Waals surface area contributed by atoms with Gasteiger partial charge in [-0.2, -0.15) is 9.40 Å². The van der Waals surface area contributed by atoms with E-state index in [0.717, 1.165) is 5.69 Å². The summed E-state index contributed by atoms with van der Waals surface area (Å²) in [7, 11) is -3.31. The van der Waals surface area contributed by atoms with Gasteiger partial charge in [0.25, 0.3) is 5.91 Å². The van der Waals surface area contributed by atoms with E-state index in [-0.39, 0.29) is 18.1 Å². The summed E-state index contributed by atoms with van der Waals surface area (Å²) in [5, 5.41) is 6.61. The van der Waals surface area contributed by atoms with E-state index in [1.54, 1.807) is 36.7 Å². The third kappa shape index (κ3) is 3.20. The molecule has 0 saturated heterocycles. The van der Waals surface area contributed by atoms with E-state index >= 15 is 0 Å². The van der Waals surface area contributed by atoms with Crippen LogP contribution >= 0.6 is 0 Å². The minimum atomic E-state index is -3.31. The number of aromatic nitrogens is 2. The molecule has 0 radical (unpaired) electrons. The van der Waals surface area contributed by atoms with Gasteiger partial charge in [0.15, 0.2) is 5.69 Å². The lowest BCUT2D eigenvalue weighted by Gasteiger charge is -2.28. The molecule has 2 aromatic rings. The molecule has 24 heavy (non-hydrogen) atoms. The normalized spacial score (nSPS) is 15.3. The van der Waals surface area contributed by atoms with Gasteiger partial charge in [-0.3, -0.25) is 9.48 Å². The molecule has 2 heterocycles. The second-order valence-electron chi connectivity index (χ2n) is 5.99. The smallest absolute Gasteiger partial charge is 0.276 e. The summed E-state index contributed by atoms with van der Waals surface area (Å²) in [6.07, 6.45) is 0. The Labute approximate surface area is 141 Å². The average molecular weight is 348 g/mol. The van der Waals surface area contributed by atoms with Gasteiger partial charge in [-0.1, -0.05) is 18.2 Å². The lowest BCUT2D eigenvalue weighted by molar-refractivity contribution is 0.102. The largest absolute Gasteiger partial charge is 0.321 e. The highest BCUT2D eigenvalue weighted by Crippen LogP contribution is 2.19. The summed E-state index contributed by atoms with van der Waals surface area (Å²) in [6.45, 7) is 4.39. The fraction of sp³-hybridized carbons (Fsp3) is 0.375. The van der Waals surface area contributed by atoms with Crippen LogP contribution in [0.4, 0.5) is 5.69 Å². The van der Waals surface area contributed by atoms with Crippen molar-refractivity contribution >= 4 is 21.6 Å². The number of para-hydroxylation sites is 1. The van der Waals surface area contributed by atoms with Gasteiger partial charge in [-0.15, -0.1) is 0 Å². The van der Waals surface area contributed by atoms with Crippen LogP contribution < -0.4 is 5.32 Å². The van der Waals surface area contributed by atoms with E-state index in [9.17, 15) is 13.2 Å². The lowest BCUT2D eigenvalue weighted by Crippen LogP contribution is -2.41. The van der Waals surface area contributed by atoms with Crippen LogP contribution in [-0.4, -0.2) is 40.2 Å². The van der Waals surface area contributed by atoms with Crippen LogP contribution in [0.2, 0.25) is 0 Å². The van der Waals surface area contributed by atoms with Crippen LogP contribution in [0, 0.1) is 0 Å². The Bertz CT molecular complexity index is 843. The Morgan fingerprint density at radius 3 is 2.58 bits per heavy atom. The zero-order valence-corrected chi connectivity index (χ0v) is 14.5. The SMILES string of the molecule is CC(C)S(=O)(=O)N1CCn2nc(C(=O)Nc3ccccc3)cc2C1. The zero-order chi connectivity index (χ0) is 17.3. The van der Waals surface area contributed by atoms with Crippen molar-refractivity contribution in [3.63, 3.8) is 0 Å². The number of fused-ring (bicyclic) bond motifs is 1. The fourth-order valence-corrected chi connectivity index (χ4v) is 3.83. The number of hydrogen-bond acceptors (Lipinski definition) is 4. The molecule has 0 unspecified atom stereocenters. The number of amides is 1. The molecule has 128 valence electrons. The van der Waals surface area contributed by atoms with Gasteiger partial charge < -0.3 is 5.32 Å². The van der Waals surface area contributed by atoms with E-state index in [0.29, 0.717) is 18.8 Å².